The van der Waals surface area contributed by atoms with Gasteiger partial charge in [0.15, 0.2) is 5.78 Å². The van der Waals surface area contributed by atoms with Crippen LogP contribution in [0.2, 0.25) is 0 Å². The Labute approximate surface area is 232 Å². The lowest BCUT2D eigenvalue weighted by atomic mass is 9.43. The number of ketones is 1. The van der Waals surface area contributed by atoms with E-state index in [2.05, 4.69) is 0 Å². The predicted molar refractivity (Wildman–Crippen MR) is 137 cm³/mol. The molecule has 10 heteroatoms. The predicted octanol–water partition coefficient (Wildman–Crippen LogP) is 1.47. The van der Waals surface area contributed by atoms with Crippen LogP contribution < -0.4 is 0 Å². The molecule has 4 aliphatic carbocycles. The molecule has 2 saturated heterocycles. The number of aliphatic hydroxyl groups is 3. The van der Waals surface area contributed by atoms with Crippen molar-refractivity contribution in [2.45, 2.75) is 101 Å². The highest BCUT2D eigenvalue weighted by Gasteiger charge is 2.72. The first-order valence-corrected chi connectivity index (χ1v) is 14.3. The number of hydrogen-bond donors (Lipinski definition) is 3. The minimum atomic E-state index is -1.80. The Bertz CT molecular complexity index is 1250. The van der Waals surface area contributed by atoms with Crippen LogP contribution in [0.3, 0.4) is 0 Å². The van der Waals surface area contributed by atoms with E-state index in [1.165, 1.54) is 13.2 Å². The maximum Gasteiger partial charge on any atom is 0.331 e. The summed E-state index contributed by atoms with van der Waals surface area (Å²) in [7, 11) is 1.52. The zero-order chi connectivity index (χ0) is 28.4. The summed E-state index contributed by atoms with van der Waals surface area (Å²) in [6, 6.07) is 0. The van der Waals surface area contributed by atoms with Gasteiger partial charge in [0, 0.05) is 36.5 Å². The number of ether oxygens (including phenoxy) is 5. The number of cyclic esters (lactones) is 1. The SMILES string of the molecule is COC1CC(C)OC2OC3C=C4CCC5C(C(=O)C(O)C6(C)C(C7=CC(=O)OC7)=CCC56O)C4(C)CC3OC12O. The molecular weight excluding hydrogens is 520 g/mol. The van der Waals surface area contributed by atoms with E-state index in [0.29, 0.717) is 36.8 Å². The molecule has 218 valence electrons. The zero-order valence-electron chi connectivity index (χ0n) is 23.3. The molecule has 0 spiro atoms. The Kier molecular flexibility index (Phi) is 5.77. The monoisotopic (exact) mass is 558 g/mol. The molecule has 12 unspecified atom stereocenters. The molecule has 0 aromatic heterocycles. The minimum Gasteiger partial charge on any atom is -0.458 e. The molecular formula is C30H38O10. The van der Waals surface area contributed by atoms with Crippen LogP contribution >= 0.6 is 0 Å². The van der Waals surface area contributed by atoms with Crippen molar-refractivity contribution in [3.05, 3.63) is 34.9 Å². The molecule has 40 heavy (non-hydrogen) atoms. The smallest absolute Gasteiger partial charge is 0.331 e. The van der Waals surface area contributed by atoms with Gasteiger partial charge in [-0.25, -0.2) is 4.79 Å². The van der Waals surface area contributed by atoms with E-state index in [1.807, 2.05) is 26.0 Å². The fraction of sp³-hybridized carbons (Fsp3) is 0.733. The van der Waals surface area contributed by atoms with Crippen molar-refractivity contribution in [2.75, 3.05) is 13.7 Å². The molecule has 0 aromatic rings. The molecule has 0 aromatic carbocycles. The van der Waals surface area contributed by atoms with Gasteiger partial charge in [0.1, 0.15) is 24.9 Å². The second-order valence-electron chi connectivity index (χ2n) is 13.2. The summed E-state index contributed by atoms with van der Waals surface area (Å²) < 4.78 is 29.2. The first-order valence-electron chi connectivity index (χ1n) is 14.3. The third-order valence-electron chi connectivity index (χ3n) is 11.3. The number of hydrogen-bond acceptors (Lipinski definition) is 10. The van der Waals surface area contributed by atoms with Crippen LogP contribution in [0.4, 0.5) is 0 Å². The molecule has 3 aliphatic heterocycles. The average molecular weight is 559 g/mol. The molecule has 2 saturated carbocycles. The lowest BCUT2D eigenvalue weighted by Crippen LogP contribution is -2.71. The Hall–Kier alpha value is -1.92. The van der Waals surface area contributed by atoms with Gasteiger partial charge in [0.25, 0.3) is 0 Å². The molecule has 10 nitrogen and oxygen atoms in total. The van der Waals surface area contributed by atoms with Crippen LogP contribution in [0.15, 0.2) is 34.9 Å². The van der Waals surface area contributed by atoms with E-state index in [4.69, 9.17) is 23.7 Å². The molecule has 12 atom stereocenters. The third kappa shape index (κ3) is 3.24. The topological polar surface area (TPSA) is 141 Å². The Morgan fingerprint density at radius 3 is 2.62 bits per heavy atom. The molecule has 7 aliphatic rings. The first-order chi connectivity index (χ1) is 18.9. The number of rotatable bonds is 2. The average Bonchev–Trinajstić information content (AvgIpc) is 3.45. The third-order valence-corrected chi connectivity index (χ3v) is 11.3. The Morgan fingerprint density at radius 2 is 1.93 bits per heavy atom. The van der Waals surface area contributed by atoms with Gasteiger partial charge in [-0.05, 0) is 51.0 Å². The number of allylic oxidation sites excluding steroid dienone is 1. The van der Waals surface area contributed by atoms with Crippen molar-refractivity contribution in [1.82, 2.24) is 0 Å². The first kappa shape index (κ1) is 26.9. The summed E-state index contributed by atoms with van der Waals surface area (Å²) in [4.78, 5) is 26.1. The quantitative estimate of drug-likeness (QED) is 0.337. The molecule has 3 heterocycles. The van der Waals surface area contributed by atoms with Crippen molar-refractivity contribution in [1.29, 1.82) is 0 Å². The van der Waals surface area contributed by atoms with Crippen molar-refractivity contribution in [2.24, 2.45) is 22.7 Å². The molecule has 0 amide bonds. The Balaban J connectivity index is 1.24. The van der Waals surface area contributed by atoms with Gasteiger partial charge < -0.3 is 39.0 Å². The molecule has 7 rings (SSSR count). The number of fused-ring (bicyclic) bond motifs is 7. The summed E-state index contributed by atoms with van der Waals surface area (Å²) in [5, 5.41) is 35.6. The number of aliphatic hydroxyl groups excluding tert-OH is 1. The number of esters is 1. The van der Waals surface area contributed by atoms with E-state index in [-0.39, 0.29) is 24.9 Å². The van der Waals surface area contributed by atoms with E-state index in [0.717, 1.165) is 5.57 Å². The van der Waals surface area contributed by atoms with Gasteiger partial charge in [0.05, 0.1) is 23.2 Å². The number of methoxy groups -OCH3 is 1. The van der Waals surface area contributed by atoms with Crippen LogP contribution in [0.1, 0.15) is 52.9 Å². The van der Waals surface area contributed by atoms with Crippen LogP contribution in [-0.2, 0) is 33.3 Å². The van der Waals surface area contributed by atoms with Gasteiger partial charge in [-0.2, -0.15) is 0 Å². The van der Waals surface area contributed by atoms with Crippen molar-refractivity contribution >= 4 is 11.8 Å². The second kappa shape index (κ2) is 8.56. The van der Waals surface area contributed by atoms with Crippen molar-refractivity contribution in [3.63, 3.8) is 0 Å². The summed E-state index contributed by atoms with van der Waals surface area (Å²) in [6.07, 6.45) is 3.16. The maximum absolute atomic E-state index is 14.2. The number of Topliss-reactive ketones (excluding diaryl/α,β-unsaturated/α-hetero) is 1. The minimum absolute atomic E-state index is 0.0607. The lowest BCUT2D eigenvalue weighted by Gasteiger charge is -2.63. The van der Waals surface area contributed by atoms with E-state index in [1.54, 1.807) is 6.92 Å². The number of carbonyl (C=O) groups excluding carboxylic acids is 2. The van der Waals surface area contributed by atoms with Crippen LogP contribution in [0, 0.1) is 22.7 Å². The highest BCUT2D eigenvalue weighted by Crippen LogP contribution is 2.67. The Morgan fingerprint density at radius 1 is 1.15 bits per heavy atom. The van der Waals surface area contributed by atoms with Gasteiger partial charge in [0.2, 0.25) is 12.1 Å². The largest absolute Gasteiger partial charge is 0.458 e. The molecule has 3 N–H and O–H groups in total. The maximum atomic E-state index is 14.2. The fourth-order valence-electron chi connectivity index (χ4n) is 9.22. The van der Waals surface area contributed by atoms with E-state index in [9.17, 15) is 24.9 Å². The van der Waals surface area contributed by atoms with E-state index >= 15 is 0 Å². The standard InChI is InChI=1S/C30H38O10/c1-14-9-21(36-4)30(35)26(38-14)39-19-11-16-5-6-18-23(27(16,2)12-20(19)40-30)24(32)25(33)28(3)17(7-8-29(18,28)34)15-10-22(31)37-13-15/h7,10-11,14,18-21,23,25-26,33-35H,5-6,8-9,12-13H2,1-4H3. The second-order valence-corrected chi connectivity index (χ2v) is 13.2. The van der Waals surface area contributed by atoms with Gasteiger partial charge in [-0.1, -0.05) is 24.6 Å². The zero-order valence-corrected chi connectivity index (χ0v) is 23.3. The van der Waals surface area contributed by atoms with Crippen LogP contribution in [-0.4, -0.2) is 89.0 Å². The molecule has 0 bridgehead atoms. The summed E-state index contributed by atoms with van der Waals surface area (Å²) in [6.45, 7) is 5.70. The van der Waals surface area contributed by atoms with E-state index < -0.39 is 70.7 Å². The summed E-state index contributed by atoms with van der Waals surface area (Å²) in [5.74, 6) is -3.68. The highest BCUT2D eigenvalue weighted by atomic mass is 16.8. The normalized spacial score (nSPS) is 53.2. The van der Waals surface area contributed by atoms with Gasteiger partial charge in [-0.3, -0.25) is 4.79 Å². The summed E-state index contributed by atoms with van der Waals surface area (Å²) >= 11 is 0. The van der Waals surface area contributed by atoms with Gasteiger partial charge in [-0.15, -0.1) is 0 Å². The van der Waals surface area contributed by atoms with Gasteiger partial charge >= 0.3 is 5.97 Å². The fourth-order valence-corrected chi connectivity index (χ4v) is 9.22. The lowest BCUT2D eigenvalue weighted by molar-refractivity contribution is -0.450. The van der Waals surface area contributed by atoms with Crippen molar-refractivity contribution < 1.29 is 48.6 Å². The number of carbonyl (C=O) groups is 2. The summed E-state index contributed by atoms with van der Waals surface area (Å²) in [5.41, 5.74) is -1.14. The highest BCUT2D eigenvalue weighted by molar-refractivity contribution is 5.92. The van der Waals surface area contributed by atoms with Crippen LogP contribution in [0.5, 0.6) is 0 Å². The molecule has 4 fully saturated rings. The molecule has 0 radical (unpaired) electrons. The van der Waals surface area contributed by atoms with Crippen molar-refractivity contribution in [3.8, 4) is 0 Å². The van der Waals surface area contributed by atoms with Crippen LogP contribution in [0.25, 0.3) is 0 Å².